The molecule has 2 aromatic carbocycles. The van der Waals surface area contributed by atoms with Gasteiger partial charge in [0.05, 0.1) is 10.9 Å². The average molecular weight is 482 g/mol. The molecule has 2 rings (SSSR count). The molecule has 0 fully saturated rings. The van der Waals surface area contributed by atoms with E-state index in [1.807, 2.05) is 18.2 Å². The zero-order chi connectivity index (χ0) is 21.6. The van der Waals surface area contributed by atoms with Crippen molar-refractivity contribution < 1.29 is 13.2 Å². The van der Waals surface area contributed by atoms with Gasteiger partial charge in [0.15, 0.2) is 0 Å². The Bertz CT molecular complexity index is 929. The van der Waals surface area contributed by atoms with Crippen molar-refractivity contribution in [3.05, 3.63) is 64.1 Å². The number of sulfonamides is 1. The molecule has 0 bridgehead atoms. The van der Waals surface area contributed by atoms with E-state index in [2.05, 4.69) is 52.1 Å². The SMILES string of the molecule is CCN(CC)C(CNC(=O)c1ccc(Br)c(S(=O)(=O)N(C)C)c1)c1ccccc1. The van der Waals surface area contributed by atoms with Gasteiger partial charge in [-0.3, -0.25) is 9.69 Å². The highest BCUT2D eigenvalue weighted by Crippen LogP contribution is 2.25. The molecular weight excluding hydrogens is 454 g/mol. The molecular formula is C21H28BrN3O3S. The van der Waals surface area contributed by atoms with E-state index in [0.29, 0.717) is 16.6 Å². The lowest BCUT2D eigenvalue weighted by Crippen LogP contribution is -2.38. The highest BCUT2D eigenvalue weighted by molar-refractivity contribution is 9.10. The molecule has 6 nitrogen and oxygen atoms in total. The number of carbonyl (C=O) groups is 1. The van der Waals surface area contributed by atoms with E-state index in [-0.39, 0.29) is 16.8 Å². The minimum absolute atomic E-state index is 0.0376. The Morgan fingerprint density at radius 3 is 2.24 bits per heavy atom. The number of amides is 1. The van der Waals surface area contributed by atoms with E-state index < -0.39 is 10.0 Å². The summed E-state index contributed by atoms with van der Waals surface area (Å²) in [6.45, 7) is 6.32. The van der Waals surface area contributed by atoms with Crippen LogP contribution in [0.2, 0.25) is 0 Å². The van der Waals surface area contributed by atoms with Crippen LogP contribution in [0.4, 0.5) is 0 Å². The molecule has 2 aromatic rings. The van der Waals surface area contributed by atoms with Crippen LogP contribution in [0.25, 0.3) is 0 Å². The smallest absolute Gasteiger partial charge is 0.251 e. The Hall–Kier alpha value is -1.74. The van der Waals surface area contributed by atoms with Crippen molar-refractivity contribution in [2.75, 3.05) is 33.7 Å². The van der Waals surface area contributed by atoms with Crippen LogP contribution in [0.1, 0.15) is 35.8 Å². The van der Waals surface area contributed by atoms with Gasteiger partial charge >= 0.3 is 0 Å². The van der Waals surface area contributed by atoms with Gasteiger partial charge in [-0.2, -0.15) is 0 Å². The zero-order valence-corrected chi connectivity index (χ0v) is 19.6. The predicted octanol–water partition coefficient (Wildman–Crippen LogP) is 3.51. The van der Waals surface area contributed by atoms with Crippen LogP contribution in [0.5, 0.6) is 0 Å². The van der Waals surface area contributed by atoms with Gasteiger partial charge in [0.25, 0.3) is 5.91 Å². The largest absolute Gasteiger partial charge is 0.350 e. The molecule has 0 spiro atoms. The molecule has 0 radical (unpaired) electrons. The van der Waals surface area contributed by atoms with Crippen molar-refractivity contribution in [2.45, 2.75) is 24.8 Å². The summed E-state index contributed by atoms with van der Waals surface area (Å²) in [6.07, 6.45) is 0. The first-order valence-electron chi connectivity index (χ1n) is 9.51. The van der Waals surface area contributed by atoms with Gasteiger partial charge in [-0.05, 0) is 52.8 Å². The van der Waals surface area contributed by atoms with Gasteiger partial charge < -0.3 is 5.32 Å². The fraction of sp³-hybridized carbons (Fsp3) is 0.381. The number of likely N-dealkylation sites (N-methyl/N-ethyl adjacent to an activating group) is 1. The molecule has 1 unspecified atom stereocenters. The maximum atomic E-state index is 12.8. The van der Waals surface area contributed by atoms with E-state index in [1.165, 1.54) is 20.2 Å². The highest BCUT2D eigenvalue weighted by Gasteiger charge is 2.23. The summed E-state index contributed by atoms with van der Waals surface area (Å²) in [5.41, 5.74) is 1.43. The number of carbonyl (C=O) groups excluding carboxylic acids is 1. The summed E-state index contributed by atoms with van der Waals surface area (Å²) in [5.74, 6) is -0.305. The Morgan fingerprint density at radius 2 is 1.69 bits per heavy atom. The van der Waals surface area contributed by atoms with Crippen LogP contribution in [0, 0.1) is 0 Å². The van der Waals surface area contributed by atoms with E-state index in [9.17, 15) is 13.2 Å². The molecule has 0 aliphatic rings. The van der Waals surface area contributed by atoms with Crippen LogP contribution in [0.3, 0.4) is 0 Å². The third kappa shape index (κ3) is 5.66. The van der Waals surface area contributed by atoms with Crippen molar-refractivity contribution in [1.29, 1.82) is 0 Å². The van der Waals surface area contributed by atoms with E-state index in [0.717, 1.165) is 23.0 Å². The number of rotatable bonds is 9. The molecule has 29 heavy (non-hydrogen) atoms. The Balaban J connectivity index is 2.25. The third-order valence-corrected chi connectivity index (χ3v) is 7.65. The number of nitrogens with one attached hydrogen (secondary N) is 1. The molecule has 0 saturated carbocycles. The van der Waals surface area contributed by atoms with Gasteiger partial charge in [-0.15, -0.1) is 0 Å². The van der Waals surface area contributed by atoms with Gasteiger partial charge in [-0.25, -0.2) is 12.7 Å². The number of nitrogens with zero attached hydrogens (tertiary/aromatic N) is 2. The minimum atomic E-state index is -3.66. The Kier molecular flexibility index (Phi) is 8.39. The second kappa shape index (κ2) is 10.3. The van der Waals surface area contributed by atoms with Crippen molar-refractivity contribution in [1.82, 2.24) is 14.5 Å². The lowest BCUT2D eigenvalue weighted by molar-refractivity contribution is 0.0934. The molecule has 1 atom stereocenters. The first kappa shape index (κ1) is 23.5. The van der Waals surface area contributed by atoms with Gasteiger partial charge in [0.1, 0.15) is 0 Å². The van der Waals surface area contributed by atoms with Crippen LogP contribution in [0.15, 0.2) is 57.9 Å². The predicted molar refractivity (Wildman–Crippen MR) is 119 cm³/mol. The summed E-state index contributed by atoms with van der Waals surface area (Å²) < 4.78 is 26.6. The molecule has 0 aliphatic heterocycles. The molecule has 1 N–H and O–H groups in total. The number of halogens is 1. The molecule has 0 aromatic heterocycles. The van der Waals surface area contributed by atoms with Crippen LogP contribution < -0.4 is 5.32 Å². The fourth-order valence-corrected chi connectivity index (χ4v) is 4.97. The van der Waals surface area contributed by atoms with Crippen molar-refractivity contribution in [3.8, 4) is 0 Å². The van der Waals surface area contributed by atoms with E-state index >= 15 is 0 Å². The van der Waals surface area contributed by atoms with E-state index in [4.69, 9.17) is 0 Å². The fourth-order valence-electron chi connectivity index (χ4n) is 3.13. The Labute approximate surface area is 182 Å². The van der Waals surface area contributed by atoms with Crippen LogP contribution >= 0.6 is 15.9 Å². The summed E-state index contributed by atoms with van der Waals surface area (Å²) >= 11 is 3.27. The quantitative estimate of drug-likeness (QED) is 0.594. The molecule has 158 valence electrons. The van der Waals surface area contributed by atoms with E-state index in [1.54, 1.807) is 12.1 Å². The van der Waals surface area contributed by atoms with Crippen molar-refractivity contribution >= 4 is 31.9 Å². The molecule has 0 saturated heterocycles. The van der Waals surface area contributed by atoms with Gasteiger partial charge in [0.2, 0.25) is 10.0 Å². The van der Waals surface area contributed by atoms with Crippen molar-refractivity contribution in [3.63, 3.8) is 0 Å². The second-order valence-electron chi connectivity index (χ2n) is 6.79. The summed E-state index contributed by atoms with van der Waals surface area (Å²) in [7, 11) is -0.738. The maximum Gasteiger partial charge on any atom is 0.251 e. The minimum Gasteiger partial charge on any atom is -0.350 e. The Morgan fingerprint density at radius 1 is 1.07 bits per heavy atom. The highest BCUT2D eigenvalue weighted by atomic mass is 79.9. The monoisotopic (exact) mass is 481 g/mol. The lowest BCUT2D eigenvalue weighted by Gasteiger charge is -2.30. The number of hydrogen-bond acceptors (Lipinski definition) is 4. The molecule has 1 amide bonds. The van der Waals surface area contributed by atoms with Crippen LogP contribution in [-0.4, -0.2) is 57.3 Å². The normalized spacial score (nSPS) is 12.9. The number of benzene rings is 2. The van der Waals surface area contributed by atoms with Gasteiger partial charge in [0, 0.05) is 30.7 Å². The van der Waals surface area contributed by atoms with Crippen molar-refractivity contribution in [2.24, 2.45) is 0 Å². The first-order chi connectivity index (χ1) is 13.7. The number of hydrogen-bond donors (Lipinski definition) is 1. The maximum absolute atomic E-state index is 12.8. The first-order valence-corrected chi connectivity index (χ1v) is 11.7. The zero-order valence-electron chi connectivity index (χ0n) is 17.2. The van der Waals surface area contributed by atoms with Gasteiger partial charge in [-0.1, -0.05) is 44.2 Å². The second-order valence-corrected chi connectivity index (χ2v) is 9.76. The lowest BCUT2D eigenvalue weighted by atomic mass is 10.0. The average Bonchev–Trinajstić information content (AvgIpc) is 2.71. The molecule has 0 aliphatic carbocycles. The molecule has 0 heterocycles. The third-order valence-electron chi connectivity index (χ3n) is 4.85. The topological polar surface area (TPSA) is 69.7 Å². The summed E-state index contributed by atoms with van der Waals surface area (Å²) in [4.78, 5) is 15.1. The molecule has 8 heteroatoms. The summed E-state index contributed by atoms with van der Waals surface area (Å²) in [5, 5.41) is 2.97. The van der Waals surface area contributed by atoms with Crippen LogP contribution in [-0.2, 0) is 10.0 Å². The summed E-state index contributed by atoms with van der Waals surface area (Å²) in [6, 6.07) is 14.7. The standard InChI is InChI=1S/C21H28BrN3O3S/c1-5-25(6-2)19(16-10-8-7-9-11-16)15-23-21(26)17-12-13-18(22)20(14-17)29(27,28)24(3)4/h7-14,19H,5-6,15H2,1-4H3,(H,23,26).